The van der Waals surface area contributed by atoms with E-state index in [2.05, 4.69) is 17.0 Å². The molecule has 0 spiro atoms. The fourth-order valence-corrected chi connectivity index (χ4v) is 4.65. The van der Waals surface area contributed by atoms with Crippen molar-refractivity contribution in [3.63, 3.8) is 0 Å². The summed E-state index contributed by atoms with van der Waals surface area (Å²) in [5.74, 6) is 0.0578. The van der Waals surface area contributed by atoms with Crippen LogP contribution in [0.5, 0.6) is 0 Å². The van der Waals surface area contributed by atoms with E-state index in [1.54, 1.807) is 0 Å². The van der Waals surface area contributed by atoms with Crippen molar-refractivity contribution < 1.29 is 4.79 Å². The first-order chi connectivity index (χ1) is 15.4. The van der Waals surface area contributed by atoms with Gasteiger partial charge >= 0.3 is 0 Å². The molecule has 0 aromatic heterocycles. The summed E-state index contributed by atoms with van der Waals surface area (Å²) in [5, 5.41) is 1.42. The lowest BCUT2D eigenvalue weighted by Gasteiger charge is -2.43. The Kier molecular flexibility index (Phi) is 6.88. The van der Waals surface area contributed by atoms with E-state index in [0.29, 0.717) is 24.7 Å². The van der Waals surface area contributed by atoms with Crippen LogP contribution in [0.15, 0.2) is 78.4 Å². The number of carbonyl (C=O) groups excluding carboxylic acids is 1. The molecule has 1 atom stereocenters. The molecule has 1 aliphatic heterocycles. The SMILES string of the molecule is C/C(=C\c1ccccc1)C(=O)N1CCN(c2ccc(C)cc2Cl)C(c2ccc(Cl)cc2)C1. The minimum Gasteiger partial charge on any atom is -0.360 e. The van der Waals surface area contributed by atoms with E-state index in [4.69, 9.17) is 23.2 Å². The molecule has 0 aliphatic carbocycles. The number of carbonyl (C=O) groups is 1. The molecule has 1 amide bonds. The molecular weight excluding hydrogens is 439 g/mol. The van der Waals surface area contributed by atoms with Gasteiger partial charge in [-0.25, -0.2) is 0 Å². The average Bonchev–Trinajstić information content (AvgIpc) is 2.79. The molecule has 1 unspecified atom stereocenters. The summed E-state index contributed by atoms with van der Waals surface area (Å²) in [4.78, 5) is 17.5. The molecule has 0 saturated carbocycles. The monoisotopic (exact) mass is 464 g/mol. The van der Waals surface area contributed by atoms with Crippen molar-refractivity contribution in [1.82, 2.24) is 4.90 Å². The number of benzene rings is 3. The van der Waals surface area contributed by atoms with Crippen molar-refractivity contribution >= 4 is 40.9 Å². The molecule has 164 valence electrons. The third-order valence-electron chi connectivity index (χ3n) is 5.86. The van der Waals surface area contributed by atoms with E-state index >= 15 is 0 Å². The van der Waals surface area contributed by atoms with E-state index in [0.717, 1.165) is 33.0 Å². The molecule has 3 aromatic rings. The van der Waals surface area contributed by atoms with Crippen LogP contribution in [-0.4, -0.2) is 30.4 Å². The number of hydrogen-bond acceptors (Lipinski definition) is 2. The van der Waals surface area contributed by atoms with Crippen LogP contribution < -0.4 is 4.90 Å². The van der Waals surface area contributed by atoms with Crippen molar-refractivity contribution in [3.05, 3.63) is 105 Å². The first-order valence-corrected chi connectivity index (χ1v) is 11.5. The zero-order chi connectivity index (χ0) is 22.7. The highest BCUT2D eigenvalue weighted by molar-refractivity contribution is 6.33. The summed E-state index contributed by atoms with van der Waals surface area (Å²) >= 11 is 12.8. The summed E-state index contributed by atoms with van der Waals surface area (Å²) in [6, 6.07) is 23.9. The van der Waals surface area contributed by atoms with Gasteiger partial charge in [-0.3, -0.25) is 4.79 Å². The van der Waals surface area contributed by atoms with Crippen molar-refractivity contribution in [2.45, 2.75) is 19.9 Å². The minimum atomic E-state index is -0.0188. The quantitative estimate of drug-likeness (QED) is 0.396. The van der Waals surface area contributed by atoms with E-state index in [1.807, 2.05) is 85.5 Å². The van der Waals surface area contributed by atoms with Gasteiger partial charge in [0.15, 0.2) is 0 Å². The molecular formula is C27H26Cl2N2O. The standard InChI is InChI=1S/C27H26Cl2N2O/c1-19-8-13-25(24(29)16-19)31-15-14-30(18-26(31)22-9-11-23(28)12-10-22)27(32)20(2)17-21-6-4-3-5-7-21/h3-13,16-17,26H,14-15,18H2,1-2H3/b20-17+. The molecule has 1 fully saturated rings. The van der Waals surface area contributed by atoms with Gasteiger partial charge in [-0.15, -0.1) is 0 Å². The molecule has 3 nitrogen and oxygen atoms in total. The molecule has 4 rings (SSSR count). The summed E-state index contributed by atoms with van der Waals surface area (Å²) < 4.78 is 0. The van der Waals surface area contributed by atoms with Gasteiger partial charge in [-0.1, -0.05) is 71.7 Å². The number of anilines is 1. The third kappa shape index (κ3) is 5.01. The van der Waals surface area contributed by atoms with Gasteiger partial charge in [-0.05, 0) is 60.9 Å². The van der Waals surface area contributed by atoms with Gasteiger partial charge < -0.3 is 9.80 Å². The fourth-order valence-electron chi connectivity index (χ4n) is 4.18. The van der Waals surface area contributed by atoms with E-state index in [1.165, 1.54) is 0 Å². The number of halogens is 2. The second-order valence-electron chi connectivity index (χ2n) is 8.20. The van der Waals surface area contributed by atoms with E-state index in [9.17, 15) is 4.79 Å². The lowest BCUT2D eigenvalue weighted by atomic mass is 10.00. The van der Waals surface area contributed by atoms with Gasteiger partial charge in [-0.2, -0.15) is 0 Å². The van der Waals surface area contributed by atoms with Gasteiger partial charge in [0.25, 0.3) is 0 Å². The minimum absolute atomic E-state index is 0.0188. The second-order valence-corrected chi connectivity index (χ2v) is 9.05. The molecule has 1 aliphatic rings. The number of aryl methyl sites for hydroxylation is 1. The zero-order valence-electron chi connectivity index (χ0n) is 18.3. The van der Waals surface area contributed by atoms with Crippen LogP contribution in [0, 0.1) is 6.92 Å². The maximum absolute atomic E-state index is 13.3. The Labute approximate surface area is 199 Å². The number of rotatable bonds is 4. The van der Waals surface area contributed by atoms with Crippen LogP contribution in [0.25, 0.3) is 6.08 Å². The maximum atomic E-state index is 13.3. The summed E-state index contributed by atoms with van der Waals surface area (Å²) in [6.45, 7) is 5.82. The lowest BCUT2D eigenvalue weighted by Crippen LogP contribution is -2.51. The number of hydrogen-bond donors (Lipinski definition) is 0. The number of piperazine rings is 1. The van der Waals surface area contributed by atoms with Crippen molar-refractivity contribution in [2.75, 3.05) is 24.5 Å². The second kappa shape index (κ2) is 9.81. The molecule has 0 N–H and O–H groups in total. The lowest BCUT2D eigenvalue weighted by molar-refractivity contribution is -0.127. The molecule has 3 aromatic carbocycles. The number of amides is 1. The first kappa shape index (κ1) is 22.4. The summed E-state index contributed by atoms with van der Waals surface area (Å²) in [5.41, 5.74) is 4.97. The Bertz CT molecular complexity index is 1130. The van der Waals surface area contributed by atoms with Crippen LogP contribution in [0.2, 0.25) is 10.0 Å². The smallest absolute Gasteiger partial charge is 0.249 e. The zero-order valence-corrected chi connectivity index (χ0v) is 19.8. The van der Waals surface area contributed by atoms with Crippen LogP contribution in [0.3, 0.4) is 0 Å². The average molecular weight is 465 g/mol. The normalized spacial score (nSPS) is 16.9. The molecule has 0 radical (unpaired) electrons. The molecule has 1 saturated heterocycles. The number of nitrogens with zero attached hydrogens (tertiary/aromatic N) is 2. The van der Waals surface area contributed by atoms with E-state index in [-0.39, 0.29) is 11.9 Å². The molecule has 32 heavy (non-hydrogen) atoms. The highest BCUT2D eigenvalue weighted by atomic mass is 35.5. The van der Waals surface area contributed by atoms with Gasteiger partial charge in [0, 0.05) is 30.2 Å². The van der Waals surface area contributed by atoms with Crippen molar-refractivity contribution in [3.8, 4) is 0 Å². The van der Waals surface area contributed by atoms with Gasteiger partial charge in [0.05, 0.1) is 16.8 Å². The third-order valence-corrected chi connectivity index (χ3v) is 6.41. The topological polar surface area (TPSA) is 23.6 Å². The van der Waals surface area contributed by atoms with Crippen molar-refractivity contribution in [2.24, 2.45) is 0 Å². The Morgan fingerprint density at radius 1 is 0.969 bits per heavy atom. The fraction of sp³-hybridized carbons (Fsp3) is 0.222. The van der Waals surface area contributed by atoms with E-state index < -0.39 is 0 Å². The summed E-state index contributed by atoms with van der Waals surface area (Å²) in [6.07, 6.45) is 1.95. The molecule has 0 bridgehead atoms. The molecule has 5 heteroatoms. The highest BCUT2D eigenvalue weighted by Gasteiger charge is 2.32. The van der Waals surface area contributed by atoms with Crippen LogP contribution in [-0.2, 0) is 4.79 Å². The van der Waals surface area contributed by atoms with Gasteiger partial charge in [0.2, 0.25) is 5.91 Å². The Hall–Kier alpha value is -2.75. The molecule has 1 heterocycles. The Morgan fingerprint density at radius 3 is 2.38 bits per heavy atom. The summed E-state index contributed by atoms with van der Waals surface area (Å²) in [7, 11) is 0. The predicted octanol–water partition coefficient (Wildman–Crippen LogP) is 6.80. The Morgan fingerprint density at radius 2 is 1.69 bits per heavy atom. The van der Waals surface area contributed by atoms with Crippen molar-refractivity contribution in [1.29, 1.82) is 0 Å². The highest BCUT2D eigenvalue weighted by Crippen LogP contribution is 2.36. The van der Waals surface area contributed by atoms with Crippen LogP contribution in [0.1, 0.15) is 29.7 Å². The Balaban J connectivity index is 1.63. The first-order valence-electron chi connectivity index (χ1n) is 10.7. The maximum Gasteiger partial charge on any atom is 0.249 e. The van der Waals surface area contributed by atoms with Crippen LogP contribution in [0.4, 0.5) is 5.69 Å². The largest absolute Gasteiger partial charge is 0.360 e. The predicted molar refractivity (Wildman–Crippen MR) is 134 cm³/mol. The van der Waals surface area contributed by atoms with Gasteiger partial charge in [0.1, 0.15) is 0 Å². The van der Waals surface area contributed by atoms with Crippen LogP contribution >= 0.6 is 23.2 Å².